The van der Waals surface area contributed by atoms with Crippen molar-refractivity contribution in [2.45, 2.75) is 58.4 Å². The number of hydrogen-bond donors (Lipinski definition) is 1. The zero-order valence-corrected chi connectivity index (χ0v) is 10.7. The molecule has 0 aromatic heterocycles. The molecule has 0 bridgehead atoms. The first-order valence-corrected chi connectivity index (χ1v) is 6.70. The Bertz CT molecular complexity index is 210. The van der Waals surface area contributed by atoms with Crippen LogP contribution in [-0.4, -0.2) is 29.9 Å². The average Bonchev–Trinajstić information content (AvgIpc) is 2.29. The molecule has 0 radical (unpaired) electrons. The van der Waals surface area contributed by atoms with E-state index in [1.807, 2.05) is 4.90 Å². The number of rotatable bonds is 5. The van der Waals surface area contributed by atoms with E-state index in [0.717, 1.165) is 51.6 Å². The summed E-state index contributed by atoms with van der Waals surface area (Å²) in [7, 11) is 0. The lowest BCUT2D eigenvalue weighted by Gasteiger charge is -2.28. The molecule has 0 aromatic carbocycles. The SMILES string of the molecule is CCCN(CC)C(=O)CC1CCC(N)CC1. The number of nitrogens with zero attached hydrogens (tertiary/aromatic N) is 1. The third-order valence-corrected chi connectivity index (χ3v) is 3.58. The lowest BCUT2D eigenvalue weighted by Crippen LogP contribution is -2.34. The Morgan fingerprint density at radius 3 is 2.38 bits per heavy atom. The van der Waals surface area contributed by atoms with Crippen molar-refractivity contribution in [1.29, 1.82) is 0 Å². The molecule has 3 nitrogen and oxygen atoms in total. The van der Waals surface area contributed by atoms with Crippen LogP contribution in [0.1, 0.15) is 52.4 Å². The van der Waals surface area contributed by atoms with Gasteiger partial charge in [0.05, 0.1) is 0 Å². The van der Waals surface area contributed by atoms with Crippen LogP contribution in [0.25, 0.3) is 0 Å². The van der Waals surface area contributed by atoms with Gasteiger partial charge in [0, 0.05) is 25.6 Å². The summed E-state index contributed by atoms with van der Waals surface area (Å²) in [6, 6.07) is 0.379. The largest absolute Gasteiger partial charge is 0.343 e. The summed E-state index contributed by atoms with van der Waals surface area (Å²) in [6.45, 7) is 5.93. The molecule has 0 atom stereocenters. The quantitative estimate of drug-likeness (QED) is 0.781. The molecule has 1 aliphatic carbocycles. The van der Waals surface area contributed by atoms with Crippen molar-refractivity contribution in [3.8, 4) is 0 Å². The van der Waals surface area contributed by atoms with Gasteiger partial charge in [-0.05, 0) is 44.9 Å². The van der Waals surface area contributed by atoms with E-state index in [0.29, 0.717) is 17.9 Å². The lowest BCUT2D eigenvalue weighted by molar-refractivity contribution is -0.132. The highest BCUT2D eigenvalue weighted by Gasteiger charge is 2.22. The van der Waals surface area contributed by atoms with Crippen LogP contribution >= 0.6 is 0 Å². The Morgan fingerprint density at radius 1 is 1.25 bits per heavy atom. The third-order valence-electron chi connectivity index (χ3n) is 3.58. The van der Waals surface area contributed by atoms with Crippen molar-refractivity contribution in [3.63, 3.8) is 0 Å². The maximum absolute atomic E-state index is 12.0. The van der Waals surface area contributed by atoms with E-state index >= 15 is 0 Å². The molecule has 0 spiro atoms. The summed E-state index contributed by atoms with van der Waals surface area (Å²) in [4.78, 5) is 14.0. The molecule has 0 heterocycles. The van der Waals surface area contributed by atoms with E-state index in [1.165, 1.54) is 0 Å². The van der Waals surface area contributed by atoms with E-state index in [1.54, 1.807) is 0 Å². The standard InChI is InChI=1S/C13H26N2O/c1-3-9-15(4-2)13(16)10-11-5-7-12(14)8-6-11/h11-12H,3-10,14H2,1-2H3. The van der Waals surface area contributed by atoms with Crippen LogP contribution in [0.3, 0.4) is 0 Å². The van der Waals surface area contributed by atoms with Gasteiger partial charge in [0.15, 0.2) is 0 Å². The van der Waals surface area contributed by atoms with E-state index in [9.17, 15) is 4.79 Å². The van der Waals surface area contributed by atoms with Gasteiger partial charge in [-0.2, -0.15) is 0 Å². The molecule has 1 fully saturated rings. The van der Waals surface area contributed by atoms with Crippen LogP contribution < -0.4 is 5.73 Å². The van der Waals surface area contributed by atoms with Crippen molar-refractivity contribution in [3.05, 3.63) is 0 Å². The van der Waals surface area contributed by atoms with Crippen LogP contribution in [0, 0.1) is 5.92 Å². The zero-order valence-electron chi connectivity index (χ0n) is 10.7. The molecular weight excluding hydrogens is 200 g/mol. The Labute approximate surface area is 99.4 Å². The molecule has 1 saturated carbocycles. The fraction of sp³-hybridized carbons (Fsp3) is 0.923. The van der Waals surface area contributed by atoms with Gasteiger partial charge in [-0.25, -0.2) is 0 Å². The summed E-state index contributed by atoms with van der Waals surface area (Å²) in [5, 5.41) is 0. The molecule has 94 valence electrons. The van der Waals surface area contributed by atoms with Gasteiger partial charge in [-0.1, -0.05) is 6.92 Å². The van der Waals surface area contributed by atoms with Crippen molar-refractivity contribution in [2.24, 2.45) is 11.7 Å². The summed E-state index contributed by atoms with van der Waals surface area (Å²) >= 11 is 0. The smallest absolute Gasteiger partial charge is 0.222 e. The molecule has 1 rings (SSSR count). The normalized spacial score (nSPS) is 25.4. The summed E-state index contributed by atoms with van der Waals surface area (Å²) < 4.78 is 0. The molecule has 0 aliphatic heterocycles. The Balaban J connectivity index is 2.32. The highest BCUT2D eigenvalue weighted by Crippen LogP contribution is 2.26. The molecule has 2 N–H and O–H groups in total. The number of carbonyl (C=O) groups is 1. The maximum Gasteiger partial charge on any atom is 0.222 e. The van der Waals surface area contributed by atoms with E-state index in [-0.39, 0.29) is 0 Å². The molecule has 0 unspecified atom stereocenters. The first-order valence-electron chi connectivity index (χ1n) is 6.70. The van der Waals surface area contributed by atoms with Gasteiger partial charge in [-0.15, -0.1) is 0 Å². The fourth-order valence-corrected chi connectivity index (χ4v) is 2.50. The highest BCUT2D eigenvalue weighted by atomic mass is 16.2. The highest BCUT2D eigenvalue weighted by molar-refractivity contribution is 5.76. The van der Waals surface area contributed by atoms with Crippen LogP contribution in [0.4, 0.5) is 0 Å². The van der Waals surface area contributed by atoms with Crippen molar-refractivity contribution < 1.29 is 4.79 Å². The first-order chi connectivity index (χ1) is 7.67. The minimum absolute atomic E-state index is 0.338. The van der Waals surface area contributed by atoms with Gasteiger partial charge >= 0.3 is 0 Å². The van der Waals surface area contributed by atoms with Crippen molar-refractivity contribution in [1.82, 2.24) is 4.90 Å². The molecule has 1 amide bonds. The Kier molecular flexibility index (Phi) is 5.81. The topological polar surface area (TPSA) is 46.3 Å². The van der Waals surface area contributed by atoms with Gasteiger partial charge in [0.25, 0.3) is 0 Å². The molecule has 0 saturated heterocycles. The van der Waals surface area contributed by atoms with Crippen LogP contribution in [-0.2, 0) is 4.79 Å². The third kappa shape index (κ3) is 4.12. The van der Waals surface area contributed by atoms with Gasteiger partial charge in [0.2, 0.25) is 5.91 Å². The van der Waals surface area contributed by atoms with Gasteiger partial charge in [-0.3, -0.25) is 4.79 Å². The molecule has 0 aromatic rings. The Morgan fingerprint density at radius 2 is 1.88 bits per heavy atom. The van der Waals surface area contributed by atoms with E-state index < -0.39 is 0 Å². The van der Waals surface area contributed by atoms with Gasteiger partial charge in [0.1, 0.15) is 0 Å². The predicted octanol–water partition coefficient (Wildman–Crippen LogP) is 2.15. The predicted molar refractivity (Wildman–Crippen MR) is 67.1 cm³/mol. The number of nitrogens with two attached hydrogens (primary N) is 1. The van der Waals surface area contributed by atoms with Crippen LogP contribution in [0.5, 0.6) is 0 Å². The van der Waals surface area contributed by atoms with Crippen LogP contribution in [0.2, 0.25) is 0 Å². The summed E-state index contributed by atoms with van der Waals surface area (Å²) in [5.41, 5.74) is 5.87. The second kappa shape index (κ2) is 6.89. The second-order valence-corrected chi connectivity index (χ2v) is 4.96. The minimum atomic E-state index is 0.338. The van der Waals surface area contributed by atoms with Crippen LogP contribution in [0.15, 0.2) is 0 Å². The second-order valence-electron chi connectivity index (χ2n) is 4.96. The molecular formula is C13H26N2O. The van der Waals surface area contributed by atoms with E-state index in [4.69, 9.17) is 5.73 Å². The number of hydrogen-bond acceptors (Lipinski definition) is 2. The lowest BCUT2D eigenvalue weighted by atomic mass is 9.84. The zero-order chi connectivity index (χ0) is 12.0. The Hall–Kier alpha value is -0.570. The minimum Gasteiger partial charge on any atom is -0.343 e. The molecule has 1 aliphatic rings. The van der Waals surface area contributed by atoms with Crippen molar-refractivity contribution in [2.75, 3.05) is 13.1 Å². The molecule has 16 heavy (non-hydrogen) atoms. The monoisotopic (exact) mass is 226 g/mol. The van der Waals surface area contributed by atoms with Crippen molar-refractivity contribution >= 4 is 5.91 Å². The van der Waals surface area contributed by atoms with Gasteiger partial charge < -0.3 is 10.6 Å². The van der Waals surface area contributed by atoms with E-state index in [2.05, 4.69) is 13.8 Å². The summed E-state index contributed by atoms with van der Waals surface area (Å²) in [6.07, 6.45) is 6.25. The molecule has 3 heteroatoms. The number of amides is 1. The maximum atomic E-state index is 12.0. The fourth-order valence-electron chi connectivity index (χ4n) is 2.50. The average molecular weight is 226 g/mol. The first kappa shape index (κ1) is 13.5. The summed E-state index contributed by atoms with van der Waals surface area (Å²) in [5.74, 6) is 0.919. The number of carbonyl (C=O) groups excluding carboxylic acids is 1.